The van der Waals surface area contributed by atoms with Crippen LogP contribution in [0.5, 0.6) is 5.88 Å². The van der Waals surface area contributed by atoms with Crippen LogP contribution in [0.3, 0.4) is 0 Å². The quantitative estimate of drug-likeness (QED) is 0.756. The van der Waals surface area contributed by atoms with Crippen molar-refractivity contribution in [2.24, 2.45) is 0 Å². The molecular weight excluding hydrogens is 195 g/mol. The van der Waals surface area contributed by atoms with Crippen LogP contribution in [0.15, 0.2) is 12.3 Å². The first-order chi connectivity index (χ1) is 6.50. The van der Waals surface area contributed by atoms with E-state index in [4.69, 9.17) is 0 Å². The third-order valence-electron chi connectivity index (χ3n) is 1.69. The predicted molar refractivity (Wildman–Crippen MR) is 44.9 cm³/mol. The van der Waals surface area contributed by atoms with Crippen molar-refractivity contribution in [1.82, 2.24) is 4.98 Å². The van der Waals surface area contributed by atoms with Crippen LogP contribution in [-0.4, -0.2) is 11.6 Å². The number of hydrogen-bond donors (Lipinski definition) is 0. The zero-order chi connectivity index (χ0) is 10.7. The van der Waals surface area contributed by atoms with Crippen molar-refractivity contribution in [3.05, 3.63) is 23.6 Å². The van der Waals surface area contributed by atoms with Crippen molar-refractivity contribution in [3.63, 3.8) is 0 Å². The summed E-state index contributed by atoms with van der Waals surface area (Å²) < 4.78 is 40.7. The van der Waals surface area contributed by atoms with Gasteiger partial charge in [0.1, 0.15) is 5.82 Å². The smallest absolute Gasteiger partial charge is 0.388 e. The molecule has 78 valence electrons. The fraction of sp³-hybridized carbons (Fsp3) is 0.444. The maximum Gasteiger partial charge on any atom is 0.388 e. The highest BCUT2D eigenvalue weighted by atomic mass is 19.3. The van der Waals surface area contributed by atoms with Crippen molar-refractivity contribution >= 4 is 0 Å². The Kier molecular flexibility index (Phi) is 3.33. The lowest BCUT2D eigenvalue weighted by atomic mass is 10.0. The summed E-state index contributed by atoms with van der Waals surface area (Å²) in [7, 11) is 0. The number of rotatable bonds is 3. The number of nitrogens with zero attached hydrogens (tertiary/aromatic N) is 1. The zero-order valence-corrected chi connectivity index (χ0v) is 7.80. The van der Waals surface area contributed by atoms with Gasteiger partial charge >= 0.3 is 6.61 Å². The molecule has 0 aliphatic heterocycles. The standard InChI is InChI=1S/C9H10F3NO/c1-5(2)6-3-8(14-9(11)12)13-4-7(6)10/h3-5,9H,1-2H3. The molecule has 0 spiro atoms. The Labute approximate surface area is 79.7 Å². The van der Waals surface area contributed by atoms with E-state index in [0.29, 0.717) is 5.56 Å². The van der Waals surface area contributed by atoms with E-state index in [0.717, 1.165) is 6.20 Å². The first-order valence-corrected chi connectivity index (χ1v) is 4.11. The number of halogens is 3. The molecule has 14 heavy (non-hydrogen) atoms. The summed E-state index contributed by atoms with van der Waals surface area (Å²) in [5.74, 6) is -0.871. The van der Waals surface area contributed by atoms with Crippen LogP contribution in [0.1, 0.15) is 25.3 Å². The van der Waals surface area contributed by atoms with Gasteiger partial charge in [-0.25, -0.2) is 9.37 Å². The van der Waals surface area contributed by atoms with Gasteiger partial charge in [-0.15, -0.1) is 0 Å². The molecule has 0 aliphatic rings. The first kappa shape index (κ1) is 10.8. The van der Waals surface area contributed by atoms with E-state index in [-0.39, 0.29) is 11.8 Å². The molecule has 1 rings (SSSR count). The topological polar surface area (TPSA) is 22.1 Å². The summed E-state index contributed by atoms with van der Waals surface area (Å²) in [6.07, 6.45) is 0.882. The first-order valence-electron chi connectivity index (χ1n) is 4.11. The van der Waals surface area contributed by atoms with Gasteiger partial charge in [0, 0.05) is 6.07 Å². The molecule has 0 amide bonds. The van der Waals surface area contributed by atoms with Gasteiger partial charge in [-0.3, -0.25) is 0 Å². The molecule has 0 bridgehead atoms. The summed E-state index contributed by atoms with van der Waals surface area (Å²) in [5.41, 5.74) is 0.315. The van der Waals surface area contributed by atoms with E-state index in [1.54, 1.807) is 13.8 Å². The van der Waals surface area contributed by atoms with Crippen LogP contribution >= 0.6 is 0 Å². The van der Waals surface area contributed by atoms with Crippen LogP contribution in [-0.2, 0) is 0 Å². The molecule has 0 atom stereocenters. The molecule has 0 N–H and O–H groups in total. The maximum atomic E-state index is 13.1. The normalized spacial score (nSPS) is 11.1. The molecule has 1 aromatic heterocycles. The summed E-state index contributed by atoms with van der Waals surface area (Å²) in [6.45, 7) is 0.572. The number of pyridine rings is 1. The van der Waals surface area contributed by atoms with Gasteiger partial charge in [0.15, 0.2) is 0 Å². The Balaban J connectivity index is 2.94. The summed E-state index contributed by atoms with van der Waals surface area (Å²) in [4.78, 5) is 3.38. The van der Waals surface area contributed by atoms with Crippen LogP contribution in [0.2, 0.25) is 0 Å². The van der Waals surface area contributed by atoms with Crippen molar-refractivity contribution < 1.29 is 17.9 Å². The third-order valence-corrected chi connectivity index (χ3v) is 1.69. The van der Waals surface area contributed by atoms with Crippen molar-refractivity contribution in [3.8, 4) is 5.88 Å². The second-order valence-corrected chi connectivity index (χ2v) is 3.08. The highest BCUT2D eigenvalue weighted by Gasteiger charge is 2.11. The SMILES string of the molecule is CC(C)c1cc(OC(F)F)ncc1F. The zero-order valence-electron chi connectivity index (χ0n) is 7.80. The van der Waals surface area contributed by atoms with E-state index < -0.39 is 12.4 Å². The number of hydrogen-bond acceptors (Lipinski definition) is 2. The van der Waals surface area contributed by atoms with Gasteiger partial charge in [-0.2, -0.15) is 8.78 Å². The molecule has 0 saturated heterocycles. The number of ether oxygens (including phenoxy) is 1. The fourth-order valence-electron chi connectivity index (χ4n) is 1.03. The molecule has 0 aliphatic carbocycles. The molecule has 1 aromatic rings. The van der Waals surface area contributed by atoms with Gasteiger partial charge in [0.2, 0.25) is 5.88 Å². The minimum Gasteiger partial charge on any atom is -0.417 e. The Morgan fingerprint density at radius 3 is 2.50 bits per heavy atom. The van der Waals surface area contributed by atoms with E-state index >= 15 is 0 Å². The molecule has 1 heterocycles. The summed E-state index contributed by atoms with van der Waals surface area (Å²) in [5, 5.41) is 0. The Hall–Kier alpha value is -1.26. The minimum absolute atomic E-state index is 0.0991. The molecule has 0 fully saturated rings. The van der Waals surface area contributed by atoms with Crippen LogP contribution in [0, 0.1) is 5.82 Å². The van der Waals surface area contributed by atoms with Crippen molar-refractivity contribution in [2.45, 2.75) is 26.4 Å². The number of aromatic nitrogens is 1. The Bertz CT molecular complexity index is 315. The van der Waals surface area contributed by atoms with Crippen LogP contribution < -0.4 is 4.74 Å². The lowest BCUT2D eigenvalue weighted by molar-refractivity contribution is -0.0529. The minimum atomic E-state index is -2.94. The fourth-order valence-corrected chi connectivity index (χ4v) is 1.03. The van der Waals surface area contributed by atoms with Crippen LogP contribution in [0.25, 0.3) is 0 Å². The molecule has 0 aromatic carbocycles. The van der Waals surface area contributed by atoms with E-state index in [9.17, 15) is 13.2 Å². The molecule has 0 saturated carbocycles. The van der Waals surface area contributed by atoms with Gasteiger partial charge in [-0.1, -0.05) is 13.8 Å². The largest absolute Gasteiger partial charge is 0.417 e. The van der Waals surface area contributed by atoms with Gasteiger partial charge < -0.3 is 4.74 Å². The molecule has 2 nitrogen and oxygen atoms in total. The highest BCUT2D eigenvalue weighted by Crippen LogP contribution is 2.22. The van der Waals surface area contributed by atoms with E-state index in [2.05, 4.69) is 9.72 Å². The average molecular weight is 205 g/mol. The van der Waals surface area contributed by atoms with Crippen molar-refractivity contribution in [1.29, 1.82) is 0 Å². The second-order valence-electron chi connectivity index (χ2n) is 3.08. The summed E-state index contributed by atoms with van der Waals surface area (Å²) in [6, 6.07) is 1.19. The average Bonchev–Trinajstić information content (AvgIpc) is 2.07. The Morgan fingerprint density at radius 2 is 2.00 bits per heavy atom. The van der Waals surface area contributed by atoms with E-state index in [1.807, 2.05) is 0 Å². The van der Waals surface area contributed by atoms with E-state index in [1.165, 1.54) is 6.07 Å². The molecule has 5 heteroatoms. The number of alkyl halides is 2. The second kappa shape index (κ2) is 4.30. The molecule has 0 radical (unpaired) electrons. The lowest BCUT2D eigenvalue weighted by Crippen LogP contribution is -2.05. The third kappa shape index (κ3) is 2.61. The van der Waals surface area contributed by atoms with Crippen molar-refractivity contribution in [2.75, 3.05) is 0 Å². The van der Waals surface area contributed by atoms with Crippen LogP contribution in [0.4, 0.5) is 13.2 Å². The maximum absolute atomic E-state index is 13.1. The predicted octanol–water partition coefficient (Wildman–Crippen LogP) is 2.95. The van der Waals surface area contributed by atoms with Gasteiger partial charge in [-0.05, 0) is 11.5 Å². The molecular formula is C9H10F3NO. The molecule has 0 unspecified atom stereocenters. The van der Waals surface area contributed by atoms with Gasteiger partial charge in [0.05, 0.1) is 6.20 Å². The Morgan fingerprint density at radius 1 is 1.36 bits per heavy atom. The highest BCUT2D eigenvalue weighted by molar-refractivity contribution is 5.24. The lowest BCUT2D eigenvalue weighted by Gasteiger charge is -2.09. The summed E-state index contributed by atoms with van der Waals surface area (Å²) >= 11 is 0. The van der Waals surface area contributed by atoms with Gasteiger partial charge in [0.25, 0.3) is 0 Å². The monoisotopic (exact) mass is 205 g/mol.